The molecule has 0 heterocycles. The fraction of sp³-hybridized carbons (Fsp3) is 0.562. The topological polar surface area (TPSA) is 49.3 Å². The molecule has 19 heavy (non-hydrogen) atoms. The summed E-state index contributed by atoms with van der Waals surface area (Å²) in [5.41, 5.74) is 0.568. The molecule has 0 spiro atoms. The fourth-order valence-corrected chi connectivity index (χ4v) is 2.23. The summed E-state index contributed by atoms with van der Waals surface area (Å²) in [4.78, 5) is 11.2. The van der Waals surface area contributed by atoms with Crippen molar-refractivity contribution in [3.8, 4) is 0 Å². The van der Waals surface area contributed by atoms with Crippen molar-refractivity contribution < 1.29 is 9.90 Å². The molecular weight excluding hydrogens is 238 g/mol. The first-order chi connectivity index (χ1) is 9.08. The Morgan fingerprint density at radius 1 is 1.26 bits per heavy atom. The molecule has 0 amide bonds. The third-order valence-corrected chi connectivity index (χ3v) is 3.47. The molecule has 0 aliphatic carbocycles. The SMILES string of the molecule is CCCC(C)(NCCCCc1ccccc1)C(=O)O. The van der Waals surface area contributed by atoms with Gasteiger partial charge < -0.3 is 10.4 Å². The molecule has 0 bridgehead atoms. The van der Waals surface area contributed by atoms with Crippen molar-refractivity contribution >= 4 is 5.97 Å². The molecule has 1 aromatic rings. The van der Waals surface area contributed by atoms with E-state index in [0.29, 0.717) is 6.42 Å². The van der Waals surface area contributed by atoms with Crippen LogP contribution < -0.4 is 5.32 Å². The van der Waals surface area contributed by atoms with Crippen molar-refractivity contribution in [1.82, 2.24) is 5.32 Å². The van der Waals surface area contributed by atoms with Crippen LogP contribution in [-0.2, 0) is 11.2 Å². The Hall–Kier alpha value is -1.35. The summed E-state index contributed by atoms with van der Waals surface area (Å²) in [6, 6.07) is 10.4. The Morgan fingerprint density at radius 3 is 2.53 bits per heavy atom. The lowest BCUT2D eigenvalue weighted by atomic mass is 9.96. The van der Waals surface area contributed by atoms with Gasteiger partial charge in [-0.3, -0.25) is 4.79 Å². The Labute approximate surface area is 116 Å². The molecule has 0 saturated carbocycles. The van der Waals surface area contributed by atoms with Crippen LogP contribution in [-0.4, -0.2) is 23.2 Å². The molecule has 1 rings (SSSR count). The van der Waals surface area contributed by atoms with Crippen LogP contribution in [0.2, 0.25) is 0 Å². The molecule has 0 saturated heterocycles. The predicted octanol–water partition coefficient (Wildman–Crippen LogP) is 3.24. The predicted molar refractivity (Wildman–Crippen MR) is 78.3 cm³/mol. The lowest BCUT2D eigenvalue weighted by Gasteiger charge is -2.25. The molecule has 0 aromatic heterocycles. The maximum absolute atomic E-state index is 11.2. The zero-order valence-electron chi connectivity index (χ0n) is 12.0. The average Bonchev–Trinajstić information content (AvgIpc) is 2.39. The van der Waals surface area contributed by atoms with Gasteiger partial charge in [0.1, 0.15) is 5.54 Å². The Bertz CT molecular complexity index is 378. The lowest BCUT2D eigenvalue weighted by Crippen LogP contribution is -2.49. The van der Waals surface area contributed by atoms with Gasteiger partial charge in [0, 0.05) is 0 Å². The van der Waals surface area contributed by atoms with Crippen molar-refractivity contribution in [3.63, 3.8) is 0 Å². The third kappa shape index (κ3) is 5.43. The first-order valence-corrected chi connectivity index (χ1v) is 7.11. The van der Waals surface area contributed by atoms with Gasteiger partial charge in [-0.1, -0.05) is 43.7 Å². The molecular formula is C16H25NO2. The number of nitrogens with one attached hydrogen (secondary N) is 1. The normalized spacial score (nSPS) is 14.0. The van der Waals surface area contributed by atoms with Gasteiger partial charge in [0.25, 0.3) is 0 Å². The molecule has 0 fully saturated rings. The van der Waals surface area contributed by atoms with Crippen LogP contribution in [0.15, 0.2) is 30.3 Å². The van der Waals surface area contributed by atoms with Gasteiger partial charge in [-0.15, -0.1) is 0 Å². The summed E-state index contributed by atoms with van der Waals surface area (Å²) >= 11 is 0. The molecule has 3 nitrogen and oxygen atoms in total. The Morgan fingerprint density at radius 2 is 1.95 bits per heavy atom. The smallest absolute Gasteiger partial charge is 0.323 e. The van der Waals surface area contributed by atoms with E-state index in [1.54, 1.807) is 6.92 Å². The number of carbonyl (C=O) groups is 1. The first-order valence-electron chi connectivity index (χ1n) is 7.11. The van der Waals surface area contributed by atoms with Crippen LogP contribution in [0.3, 0.4) is 0 Å². The van der Waals surface area contributed by atoms with Gasteiger partial charge in [0.15, 0.2) is 0 Å². The summed E-state index contributed by atoms with van der Waals surface area (Å²) in [6.07, 6.45) is 4.68. The number of rotatable bonds is 9. The minimum Gasteiger partial charge on any atom is -0.480 e. The minimum atomic E-state index is -0.776. The van der Waals surface area contributed by atoms with Crippen LogP contribution >= 0.6 is 0 Å². The van der Waals surface area contributed by atoms with Crippen LogP contribution in [0.4, 0.5) is 0 Å². The molecule has 1 unspecified atom stereocenters. The number of unbranched alkanes of at least 4 members (excludes halogenated alkanes) is 1. The Kier molecular flexibility index (Phi) is 6.57. The molecule has 1 atom stereocenters. The summed E-state index contributed by atoms with van der Waals surface area (Å²) < 4.78 is 0. The number of aryl methyl sites for hydroxylation is 1. The van der Waals surface area contributed by atoms with E-state index in [-0.39, 0.29) is 0 Å². The van der Waals surface area contributed by atoms with Crippen LogP contribution in [0.1, 0.15) is 45.1 Å². The summed E-state index contributed by atoms with van der Waals surface area (Å²) in [7, 11) is 0. The number of hydrogen-bond donors (Lipinski definition) is 2. The molecule has 0 aliphatic heterocycles. The molecule has 2 N–H and O–H groups in total. The second-order valence-electron chi connectivity index (χ2n) is 5.26. The van der Waals surface area contributed by atoms with Crippen LogP contribution in [0, 0.1) is 0 Å². The van der Waals surface area contributed by atoms with Gasteiger partial charge in [-0.05, 0) is 44.7 Å². The van der Waals surface area contributed by atoms with E-state index in [1.165, 1.54) is 5.56 Å². The van der Waals surface area contributed by atoms with E-state index in [0.717, 1.165) is 32.2 Å². The highest BCUT2D eigenvalue weighted by molar-refractivity contribution is 5.78. The molecule has 1 aromatic carbocycles. The lowest BCUT2D eigenvalue weighted by molar-refractivity contribution is -0.144. The zero-order valence-corrected chi connectivity index (χ0v) is 12.0. The maximum Gasteiger partial charge on any atom is 0.323 e. The van der Waals surface area contributed by atoms with E-state index in [9.17, 15) is 9.90 Å². The van der Waals surface area contributed by atoms with Crippen LogP contribution in [0.5, 0.6) is 0 Å². The van der Waals surface area contributed by atoms with Gasteiger partial charge in [-0.2, -0.15) is 0 Å². The second kappa shape index (κ2) is 7.95. The average molecular weight is 263 g/mol. The quantitative estimate of drug-likeness (QED) is 0.672. The second-order valence-corrected chi connectivity index (χ2v) is 5.26. The number of carboxylic acids is 1. The van der Waals surface area contributed by atoms with Gasteiger partial charge in [-0.25, -0.2) is 0 Å². The van der Waals surface area contributed by atoms with Crippen molar-refractivity contribution in [3.05, 3.63) is 35.9 Å². The van der Waals surface area contributed by atoms with Gasteiger partial charge in [0.2, 0.25) is 0 Å². The largest absolute Gasteiger partial charge is 0.480 e. The number of benzene rings is 1. The van der Waals surface area contributed by atoms with E-state index in [1.807, 2.05) is 13.0 Å². The maximum atomic E-state index is 11.2. The van der Waals surface area contributed by atoms with Crippen molar-refractivity contribution in [2.75, 3.05) is 6.54 Å². The zero-order chi connectivity index (χ0) is 14.1. The van der Waals surface area contributed by atoms with Crippen molar-refractivity contribution in [2.24, 2.45) is 0 Å². The standard InChI is InChI=1S/C16H25NO2/c1-3-12-16(2,15(18)19)17-13-8-7-11-14-9-5-4-6-10-14/h4-6,9-10,17H,3,7-8,11-13H2,1-2H3,(H,18,19). The summed E-state index contributed by atoms with van der Waals surface area (Å²) in [5.74, 6) is -0.752. The molecule has 0 radical (unpaired) electrons. The van der Waals surface area contributed by atoms with Crippen LogP contribution in [0.25, 0.3) is 0 Å². The molecule has 106 valence electrons. The van der Waals surface area contributed by atoms with E-state index in [2.05, 4.69) is 29.6 Å². The Balaban J connectivity index is 2.24. The highest BCUT2D eigenvalue weighted by Crippen LogP contribution is 2.13. The van der Waals surface area contributed by atoms with Gasteiger partial charge >= 0.3 is 5.97 Å². The molecule has 3 heteroatoms. The number of hydrogen-bond acceptors (Lipinski definition) is 2. The van der Waals surface area contributed by atoms with Crippen molar-refractivity contribution in [1.29, 1.82) is 0 Å². The fourth-order valence-electron chi connectivity index (χ4n) is 2.23. The monoisotopic (exact) mass is 263 g/mol. The van der Waals surface area contributed by atoms with E-state index < -0.39 is 11.5 Å². The minimum absolute atomic E-state index is 0.668. The number of aliphatic carboxylic acids is 1. The van der Waals surface area contributed by atoms with Crippen molar-refractivity contribution in [2.45, 2.75) is 51.5 Å². The number of carboxylic acid groups (broad SMARTS) is 1. The third-order valence-electron chi connectivity index (χ3n) is 3.47. The van der Waals surface area contributed by atoms with E-state index >= 15 is 0 Å². The van der Waals surface area contributed by atoms with Gasteiger partial charge in [0.05, 0.1) is 0 Å². The highest BCUT2D eigenvalue weighted by atomic mass is 16.4. The summed E-state index contributed by atoms with van der Waals surface area (Å²) in [5, 5.41) is 12.4. The molecule has 0 aliphatic rings. The summed E-state index contributed by atoms with van der Waals surface area (Å²) in [6.45, 7) is 4.55. The van der Waals surface area contributed by atoms with E-state index in [4.69, 9.17) is 0 Å². The first kappa shape index (κ1) is 15.7. The highest BCUT2D eigenvalue weighted by Gasteiger charge is 2.30.